The SMILES string of the molecule is CC(C)CCN(CCCNCC(C)C)CCC(C)C. The Hall–Kier alpha value is -0.0800. The third-order valence-corrected chi connectivity index (χ3v) is 3.43. The van der Waals surface area contributed by atoms with Gasteiger partial charge >= 0.3 is 0 Å². The largest absolute Gasteiger partial charge is 0.316 e. The first-order chi connectivity index (χ1) is 8.91. The molecule has 0 heterocycles. The van der Waals surface area contributed by atoms with E-state index in [1.54, 1.807) is 0 Å². The molecule has 19 heavy (non-hydrogen) atoms. The molecule has 116 valence electrons. The van der Waals surface area contributed by atoms with Crippen LogP contribution in [0.25, 0.3) is 0 Å². The highest BCUT2D eigenvalue weighted by Gasteiger charge is 2.07. The van der Waals surface area contributed by atoms with Crippen molar-refractivity contribution in [3.63, 3.8) is 0 Å². The Kier molecular flexibility index (Phi) is 11.7. The quantitative estimate of drug-likeness (QED) is 0.539. The first kappa shape index (κ1) is 18.9. The summed E-state index contributed by atoms with van der Waals surface area (Å²) in [6, 6.07) is 0. The average molecular weight is 271 g/mol. The van der Waals surface area contributed by atoms with Crippen molar-refractivity contribution in [2.45, 2.75) is 60.8 Å². The standard InChI is InChI=1S/C17H38N2/c1-15(2)8-12-19(13-9-16(3)4)11-7-10-18-14-17(5)6/h15-18H,7-14H2,1-6H3. The van der Waals surface area contributed by atoms with Gasteiger partial charge in [0.15, 0.2) is 0 Å². The maximum absolute atomic E-state index is 3.54. The van der Waals surface area contributed by atoms with Gasteiger partial charge in [-0.25, -0.2) is 0 Å². The lowest BCUT2D eigenvalue weighted by Crippen LogP contribution is -2.31. The zero-order valence-corrected chi connectivity index (χ0v) is 14.3. The lowest BCUT2D eigenvalue weighted by Gasteiger charge is -2.24. The molecule has 0 radical (unpaired) electrons. The molecule has 0 saturated heterocycles. The Labute approximate surface area is 122 Å². The average Bonchev–Trinajstić information content (AvgIpc) is 2.30. The van der Waals surface area contributed by atoms with Gasteiger partial charge in [0, 0.05) is 0 Å². The first-order valence-electron chi connectivity index (χ1n) is 8.34. The summed E-state index contributed by atoms with van der Waals surface area (Å²) in [5.41, 5.74) is 0. The van der Waals surface area contributed by atoms with Gasteiger partial charge in [-0.1, -0.05) is 41.5 Å². The molecule has 2 heteroatoms. The Morgan fingerprint density at radius 1 is 0.737 bits per heavy atom. The van der Waals surface area contributed by atoms with E-state index < -0.39 is 0 Å². The van der Waals surface area contributed by atoms with Gasteiger partial charge in [-0.05, 0) is 69.7 Å². The number of nitrogens with zero attached hydrogens (tertiary/aromatic N) is 1. The van der Waals surface area contributed by atoms with E-state index in [0.29, 0.717) is 0 Å². The van der Waals surface area contributed by atoms with E-state index in [4.69, 9.17) is 0 Å². The van der Waals surface area contributed by atoms with E-state index in [9.17, 15) is 0 Å². The van der Waals surface area contributed by atoms with Gasteiger partial charge in [0.1, 0.15) is 0 Å². The van der Waals surface area contributed by atoms with E-state index in [2.05, 4.69) is 51.8 Å². The van der Waals surface area contributed by atoms with Crippen molar-refractivity contribution in [1.29, 1.82) is 0 Å². The number of hydrogen-bond donors (Lipinski definition) is 1. The number of nitrogens with one attached hydrogen (secondary N) is 1. The van der Waals surface area contributed by atoms with E-state index >= 15 is 0 Å². The fourth-order valence-corrected chi connectivity index (χ4v) is 2.04. The van der Waals surface area contributed by atoms with E-state index in [-0.39, 0.29) is 0 Å². The topological polar surface area (TPSA) is 15.3 Å². The molecule has 0 spiro atoms. The van der Waals surface area contributed by atoms with Crippen molar-refractivity contribution in [3.8, 4) is 0 Å². The van der Waals surface area contributed by atoms with Crippen LogP contribution in [0.2, 0.25) is 0 Å². The van der Waals surface area contributed by atoms with Gasteiger partial charge in [0.25, 0.3) is 0 Å². The molecule has 0 fully saturated rings. The minimum atomic E-state index is 0.762. The van der Waals surface area contributed by atoms with Crippen LogP contribution in [0.1, 0.15) is 60.8 Å². The van der Waals surface area contributed by atoms with Crippen LogP contribution in [0.5, 0.6) is 0 Å². The fourth-order valence-electron chi connectivity index (χ4n) is 2.04. The van der Waals surface area contributed by atoms with E-state index in [1.165, 1.54) is 38.9 Å². The molecule has 0 aliphatic carbocycles. The second-order valence-corrected chi connectivity index (χ2v) is 7.16. The molecule has 0 bridgehead atoms. The van der Waals surface area contributed by atoms with Crippen LogP contribution >= 0.6 is 0 Å². The monoisotopic (exact) mass is 270 g/mol. The van der Waals surface area contributed by atoms with Crippen molar-refractivity contribution in [1.82, 2.24) is 10.2 Å². The van der Waals surface area contributed by atoms with Crippen LogP contribution in [0.3, 0.4) is 0 Å². The highest BCUT2D eigenvalue weighted by atomic mass is 15.1. The highest BCUT2D eigenvalue weighted by molar-refractivity contribution is 4.62. The maximum atomic E-state index is 3.54. The summed E-state index contributed by atoms with van der Waals surface area (Å²) in [7, 11) is 0. The van der Waals surface area contributed by atoms with Crippen LogP contribution in [-0.4, -0.2) is 37.6 Å². The third-order valence-electron chi connectivity index (χ3n) is 3.43. The molecule has 0 amide bonds. The lowest BCUT2D eigenvalue weighted by molar-refractivity contribution is 0.240. The highest BCUT2D eigenvalue weighted by Crippen LogP contribution is 2.07. The molecule has 0 atom stereocenters. The predicted molar refractivity (Wildman–Crippen MR) is 87.7 cm³/mol. The van der Waals surface area contributed by atoms with Crippen LogP contribution in [-0.2, 0) is 0 Å². The zero-order chi connectivity index (χ0) is 14.7. The summed E-state index contributed by atoms with van der Waals surface area (Å²) in [6.07, 6.45) is 3.94. The molecule has 0 rings (SSSR count). The third kappa shape index (κ3) is 14.1. The molecule has 0 aromatic rings. The minimum Gasteiger partial charge on any atom is -0.316 e. The first-order valence-corrected chi connectivity index (χ1v) is 8.34. The van der Waals surface area contributed by atoms with Crippen molar-refractivity contribution >= 4 is 0 Å². The summed E-state index contributed by atoms with van der Waals surface area (Å²) in [4.78, 5) is 2.66. The molecule has 0 saturated carbocycles. The normalized spacial score (nSPS) is 12.3. The van der Waals surface area contributed by atoms with Crippen molar-refractivity contribution in [3.05, 3.63) is 0 Å². The molecule has 0 aliphatic heterocycles. The van der Waals surface area contributed by atoms with Gasteiger partial charge in [0.2, 0.25) is 0 Å². The number of hydrogen-bond acceptors (Lipinski definition) is 2. The fraction of sp³-hybridized carbons (Fsp3) is 1.00. The molecule has 0 unspecified atom stereocenters. The minimum absolute atomic E-state index is 0.762. The summed E-state index contributed by atoms with van der Waals surface area (Å²) < 4.78 is 0. The van der Waals surface area contributed by atoms with Crippen LogP contribution in [0.4, 0.5) is 0 Å². The van der Waals surface area contributed by atoms with E-state index in [1.807, 2.05) is 0 Å². The second-order valence-electron chi connectivity index (χ2n) is 7.16. The Bertz CT molecular complexity index is 176. The van der Waals surface area contributed by atoms with Gasteiger partial charge in [-0.3, -0.25) is 0 Å². The summed E-state index contributed by atoms with van der Waals surface area (Å²) in [5.74, 6) is 2.40. The molecule has 0 aliphatic rings. The molecule has 1 N–H and O–H groups in total. The predicted octanol–water partition coefficient (Wildman–Crippen LogP) is 4.02. The zero-order valence-electron chi connectivity index (χ0n) is 14.3. The van der Waals surface area contributed by atoms with Crippen LogP contribution in [0.15, 0.2) is 0 Å². The van der Waals surface area contributed by atoms with Gasteiger partial charge < -0.3 is 10.2 Å². The van der Waals surface area contributed by atoms with E-state index in [0.717, 1.165) is 30.8 Å². The summed E-state index contributed by atoms with van der Waals surface area (Å²) >= 11 is 0. The number of rotatable bonds is 12. The van der Waals surface area contributed by atoms with Gasteiger partial charge in [-0.15, -0.1) is 0 Å². The lowest BCUT2D eigenvalue weighted by atomic mass is 10.1. The molecule has 2 nitrogen and oxygen atoms in total. The molecular formula is C17H38N2. The van der Waals surface area contributed by atoms with Crippen molar-refractivity contribution < 1.29 is 0 Å². The summed E-state index contributed by atoms with van der Waals surface area (Å²) in [6.45, 7) is 19.9. The van der Waals surface area contributed by atoms with Gasteiger partial charge in [-0.2, -0.15) is 0 Å². The van der Waals surface area contributed by atoms with Crippen LogP contribution in [0, 0.1) is 17.8 Å². The molecular weight excluding hydrogens is 232 g/mol. The van der Waals surface area contributed by atoms with Gasteiger partial charge in [0.05, 0.1) is 0 Å². The summed E-state index contributed by atoms with van der Waals surface area (Å²) in [5, 5.41) is 3.54. The Morgan fingerprint density at radius 2 is 1.26 bits per heavy atom. The smallest absolute Gasteiger partial charge is 0.000664 e. The Morgan fingerprint density at radius 3 is 1.68 bits per heavy atom. The maximum Gasteiger partial charge on any atom is -0.000664 e. The van der Waals surface area contributed by atoms with Crippen LogP contribution < -0.4 is 5.32 Å². The van der Waals surface area contributed by atoms with Crippen molar-refractivity contribution in [2.24, 2.45) is 17.8 Å². The van der Waals surface area contributed by atoms with Crippen molar-refractivity contribution in [2.75, 3.05) is 32.7 Å². The Balaban J connectivity index is 3.77. The second kappa shape index (κ2) is 11.7. The molecule has 0 aromatic heterocycles. The molecule has 0 aromatic carbocycles.